The van der Waals surface area contributed by atoms with Gasteiger partial charge in [0.05, 0.1) is 0 Å². The number of benzene rings is 1. The number of para-hydroxylation sites is 1. The molecule has 2 nitrogen and oxygen atoms in total. The number of nitrogens with two attached hydrogens (primary N) is 1. The van der Waals surface area contributed by atoms with Crippen molar-refractivity contribution in [3.8, 4) is 0 Å². The van der Waals surface area contributed by atoms with Crippen LogP contribution in [0.15, 0.2) is 59.8 Å². The molecular weight excluding hydrogens is 220 g/mol. The van der Waals surface area contributed by atoms with E-state index in [-0.39, 0.29) is 6.17 Å². The van der Waals surface area contributed by atoms with Gasteiger partial charge in [-0.25, -0.2) is 0 Å². The molecule has 92 valence electrons. The second kappa shape index (κ2) is 4.46. The highest BCUT2D eigenvalue weighted by Crippen LogP contribution is 2.34. The molecule has 18 heavy (non-hydrogen) atoms. The van der Waals surface area contributed by atoms with Crippen LogP contribution in [0.1, 0.15) is 18.4 Å². The monoisotopic (exact) mass is 238 g/mol. The Bertz CT molecular complexity index is 552. The lowest BCUT2D eigenvalue weighted by Gasteiger charge is -2.37. The molecule has 1 aromatic rings. The predicted molar refractivity (Wildman–Crippen MR) is 76.2 cm³/mol. The Labute approximate surface area is 108 Å². The summed E-state index contributed by atoms with van der Waals surface area (Å²) in [5, 5.41) is 0. The molecule has 1 aliphatic carbocycles. The molecule has 3 rings (SSSR count). The highest BCUT2D eigenvalue weighted by Gasteiger charge is 2.24. The van der Waals surface area contributed by atoms with Crippen LogP contribution in [0.25, 0.3) is 0 Å². The van der Waals surface area contributed by atoms with Gasteiger partial charge in [0.1, 0.15) is 6.17 Å². The van der Waals surface area contributed by atoms with Crippen LogP contribution < -0.4 is 10.6 Å². The van der Waals surface area contributed by atoms with E-state index in [1.807, 2.05) is 0 Å². The van der Waals surface area contributed by atoms with Gasteiger partial charge >= 0.3 is 0 Å². The minimum Gasteiger partial charge on any atom is -0.325 e. The van der Waals surface area contributed by atoms with Gasteiger partial charge in [0.25, 0.3) is 0 Å². The van der Waals surface area contributed by atoms with Gasteiger partial charge in [-0.15, -0.1) is 0 Å². The second-order valence-electron chi connectivity index (χ2n) is 4.85. The molecule has 1 heterocycles. The summed E-state index contributed by atoms with van der Waals surface area (Å²) in [4.78, 5) is 2.27. The van der Waals surface area contributed by atoms with Crippen LogP contribution in [0.2, 0.25) is 0 Å². The molecule has 0 spiro atoms. The Hall–Kier alpha value is -1.80. The lowest BCUT2D eigenvalue weighted by molar-refractivity contribution is 0.725. The summed E-state index contributed by atoms with van der Waals surface area (Å²) >= 11 is 0. The van der Waals surface area contributed by atoms with Crippen LogP contribution in [-0.4, -0.2) is 6.17 Å². The Morgan fingerprint density at radius 2 is 2.06 bits per heavy atom. The average molecular weight is 238 g/mol. The van der Waals surface area contributed by atoms with Crippen LogP contribution in [0, 0.1) is 6.92 Å². The van der Waals surface area contributed by atoms with Crippen molar-refractivity contribution in [3.63, 3.8) is 0 Å². The molecule has 0 fully saturated rings. The summed E-state index contributed by atoms with van der Waals surface area (Å²) in [6, 6.07) is 8.43. The van der Waals surface area contributed by atoms with E-state index in [4.69, 9.17) is 5.73 Å². The number of anilines is 1. The summed E-state index contributed by atoms with van der Waals surface area (Å²) in [5.74, 6) is 0. The third-order valence-electron chi connectivity index (χ3n) is 3.62. The van der Waals surface area contributed by atoms with Crippen molar-refractivity contribution >= 4 is 5.69 Å². The molecule has 2 heteroatoms. The topological polar surface area (TPSA) is 29.3 Å². The van der Waals surface area contributed by atoms with Gasteiger partial charge in [-0.05, 0) is 43.0 Å². The van der Waals surface area contributed by atoms with Crippen molar-refractivity contribution in [3.05, 3.63) is 65.4 Å². The largest absolute Gasteiger partial charge is 0.325 e. The van der Waals surface area contributed by atoms with Gasteiger partial charge in [0.2, 0.25) is 0 Å². The van der Waals surface area contributed by atoms with Gasteiger partial charge in [0, 0.05) is 11.4 Å². The summed E-state index contributed by atoms with van der Waals surface area (Å²) in [6.45, 7) is 2.14. The van der Waals surface area contributed by atoms with Crippen molar-refractivity contribution in [2.24, 2.45) is 5.73 Å². The Morgan fingerprint density at radius 1 is 1.22 bits per heavy atom. The maximum atomic E-state index is 6.27. The molecule has 1 aliphatic heterocycles. The van der Waals surface area contributed by atoms with E-state index >= 15 is 0 Å². The van der Waals surface area contributed by atoms with Crippen molar-refractivity contribution in [1.29, 1.82) is 0 Å². The lowest BCUT2D eigenvalue weighted by atomic mass is 9.97. The third kappa shape index (κ3) is 1.79. The molecule has 1 atom stereocenters. The second-order valence-corrected chi connectivity index (χ2v) is 4.85. The number of rotatable bonds is 1. The molecule has 1 aromatic carbocycles. The summed E-state index contributed by atoms with van der Waals surface area (Å²) in [5.41, 5.74) is 11.4. The van der Waals surface area contributed by atoms with E-state index in [1.54, 1.807) is 0 Å². The van der Waals surface area contributed by atoms with E-state index in [1.165, 1.54) is 22.5 Å². The highest BCUT2D eigenvalue weighted by molar-refractivity contribution is 5.63. The Morgan fingerprint density at radius 3 is 2.89 bits per heavy atom. The fraction of sp³-hybridized carbons (Fsp3) is 0.250. The van der Waals surface area contributed by atoms with Crippen LogP contribution in [0.4, 0.5) is 5.69 Å². The Kier molecular flexibility index (Phi) is 2.80. The lowest BCUT2D eigenvalue weighted by Crippen LogP contribution is -2.42. The zero-order valence-corrected chi connectivity index (χ0v) is 10.6. The molecule has 0 saturated carbocycles. The molecule has 2 aliphatic rings. The van der Waals surface area contributed by atoms with E-state index in [9.17, 15) is 0 Å². The summed E-state index contributed by atoms with van der Waals surface area (Å²) < 4.78 is 0. The minimum atomic E-state index is -0.0589. The molecule has 2 N–H and O–H groups in total. The first-order valence-corrected chi connectivity index (χ1v) is 6.46. The first-order chi connectivity index (χ1) is 8.77. The molecule has 0 bridgehead atoms. The van der Waals surface area contributed by atoms with E-state index < -0.39 is 0 Å². The Balaban J connectivity index is 2.10. The minimum absolute atomic E-state index is 0.0589. The van der Waals surface area contributed by atoms with Crippen molar-refractivity contribution in [2.45, 2.75) is 25.9 Å². The number of allylic oxidation sites excluding steroid dienone is 5. The number of hydrogen-bond donors (Lipinski definition) is 1. The van der Waals surface area contributed by atoms with Gasteiger partial charge in [-0.1, -0.05) is 36.4 Å². The third-order valence-corrected chi connectivity index (χ3v) is 3.62. The molecule has 1 unspecified atom stereocenters. The van der Waals surface area contributed by atoms with Crippen LogP contribution in [-0.2, 0) is 0 Å². The fourth-order valence-corrected chi connectivity index (χ4v) is 2.69. The van der Waals surface area contributed by atoms with Crippen molar-refractivity contribution in [1.82, 2.24) is 0 Å². The van der Waals surface area contributed by atoms with Gasteiger partial charge in [-0.3, -0.25) is 0 Å². The maximum absolute atomic E-state index is 6.27. The van der Waals surface area contributed by atoms with Gasteiger partial charge < -0.3 is 10.6 Å². The molecule has 0 aromatic heterocycles. The van der Waals surface area contributed by atoms with Crippen LogP contribution >= 0.6 is 0 Å². The first-order valence-electron chi connectivity index (χ1n) is 6.46. The van der Waals surface area contributed by atoms with E-state index in [0.29, 0.717) is 0 Å². The van der Waals surface area contributed by atoms with Crippen molar-refractivity contribution < 1.29 is 0 Å². The first kappa shape index (κ1) is 11.3. The van der Waals surface area contributed by atoms with Crippen molar-refractivity contribution in [2.75, 3.05) is 4.90 Å². The quantitative estimate of drug-likeness (QED) is 0.813. The molecule has 0 saturated heterocycles. The van der Waals surface area contributed by atoms with Crippen LogP contribution in [0.3, 0.4) is 0 Å². The number of aryl methyl sites for hydroxylation is 1. The van der Waals surface area contributed by atoms with Gasteiger partial charge in [-0.2, -0.15) is 0 Å². The van der Waals surface area contributed by atoms with E-state index in [0.717, 1.165) is 12.8 Å². The number of nitrogens with zero attached hydrogens (tertiary/aromatic N) is 1. The van der Waals surface area contributed by atoms with Crippen LogP contribution in [0.5, 0.6) is 0 Å². The maximum Gasteiger partial charge on any atom is 0.101 e. The van der Waals surface area contributed by atoms with E-state index in [2.05, 4.69) is 60.4 Å². The average Bonchev–Trinajstić information content (AvgIpc) is 2.40. The smallest absolute Gasteiger partial charge is 0.101 e. The SMILES string of the molecule is Cc1ccccc1N1C2=C(C=CCC2)C=CC1N. The fourth-order valence-electron chi connectivity index (χ4n) is 2.69. The summed E-state index contributed by atoms with van der Waals surface area (Å²) in [6.07, 6.45) is 10.8. The summed E-state index contributed by atoms with van der Waals surface area (Å²) in [7, 11) is 0. The predicted octanol–water partition coefficient (Wildman–Crippen LogP) is 3.26. The normalized spacial score (nSPS) is 22.3. The number of hydrogen-bond acceptors (Lipinski definition) is 2. The highest BCUT2D eigenvalue weighted by atomic mass is 15.2. The zero-order chi connectivity index (χ0) is 12.5. The standard InChI is InChI=1S/C16H18N2/c1-12-6-2-4-8-14(12)18-15-9-5-3-7-13(15)10-11-16(18)17/h2-4,6-8,10-11,16H,5,9,17H2,1H3. The molecular formula is C16H18N2. The molecule has 0 amide bonds. The molecule has 0 radical (unpaired) electrons. The van der Waals surface area contributed by atoms with Gasteiger partial charge in [0.15, 0.2) is 0 Å². The zero-order valence-electron chi connectivity index (χ0n) is 10.6.